The maximum atomic E-state index is 2.35. The fourth-order valence-electron chi connectivity index (χ4n) is 0.977. The number of hydrogen-bond acceptors (Lipinski definition) is 0. The molecule has 0 saturated heterocycles. The topological polar surface area (TPSA) is 0 Å². The van der Waals surface area contributed by atoms with Crippen LogP contribution in [0, 0.1) is 11.8 Å². The summed E-state index contributed by atoms with van der Waals surface area (Å²) in [7, 11) is 2.28. The molecule has 0 aliphatic rings. The fourth-order valence-corrected chi connectivity index (χ4v) is 0.977. The standard InChI is InChI=1S/C9H21B/c1-4-8(2)5-6-9(3)7-10/h8-9H,4-7,10H2,1-3H3. The van der Waals surface area contributed by atoms with Crippen molar-refractivity contribution in [1.82, 2.24) is 0 Å². The Hall–Kier alpha value is 0.0649. The summed E-state index contributed by atoms with van der Waals surface area (Å²) in [6, 6.07) is 0. The molecule has 10 heavy (non-hydrogen) atoms. The zero-order valence-corrected chi connectivity index (χ0v) is 7.98. The Labute approximate surface area is 66.8 Å². The van der Waals surface area contributed by atoms with E-state index in [2.05, 4.69) is 28.6 Å². The molecule has 0 radical (unpaired) electrons. The minimum Gasteiger partial charge on any atom is -0.0785 e. The van der Waals surface area contributed by atoms with Crippen LogP contribution in [0.25, 0.3) is 0 Å². The van der Waals surface area contributed by atoms with E-state index in [1.165, 1.54) is 25.6 Å². The van der Waals surface area contributed by atoms with Gasteiger partial charge >= 0.3 is 0 Å². The first kappa shape index (κ1) is 10.1. The van der Waals surface area contributed by atoms with Crippen molar-refractivity contribution >= 4 is 7.85 Å². The quantitative estimate of drug-likeness (QED) is 0.514. The molecule has 0 aliphatic heterocycles. The first-order valence-electron chi connectivity index (χ1n) is 4.70. The van der Waals surface area contributed by atoms with Crippen molar-refractivity contribution in [3.63, 3.8) is 0 Å². The van der Waals surface area contributed by atoms with Crippen LogP contribution < -0.4 is 0 Å². The van der Waals surface area contributed by atoms with E-state index in [-0.39, 0.29) is 0 Å². The van der Waals surface area contributed by atoms with Gasteiger partial charge in [-0.2, -0.15) is 0 Å². The van der Waals surface area contributed by atoms with Crippen molar-refractivity contribution in [2.75, 3.05) is 0 Å². The molecule has 1 heteroatoms. The minimum absolute atomic E-state index is 0.939. The summed E-state index contributed by atoms with van der Waals surface area (Å²) in [6.07, 6.45) is 5.53. The zero-order valence-electron chi connectivity index (χ0n) is 7.98. The van der Waals surface area contributed by atoms with Crippen LogP contribution in [0.4, 0.5) is 0 Å². The monoisotopic (exact) mass is 140 g/mol. The van der Waals surface area contributed by atoms with Crippen LogP contribution in [-0.4, -0.2) is 7.85 Å². The Morgan fingerprint density at radius 2 is 1.60 bits per heavy atom. The Kier molecular flexibility index (Phi) is 5.86. The van der Waals surface area contributed by atoms with Gasteiger partial charge < -0.3 is 0 Å². The molecule has 0 saturated carbocycles. The second-order valence-electron chi connectivity index (χ2n) is 3.60. The van der Waals surface area contributed by atoms with Gasteiger partial charge in [0.1, 0.15) is 7.85 Å². The highest BCUT2D eigenvalue weighted by atomic mass is 14.1. The normalized spacial score (nSPS) is 16.7. The van der Waals surface area contributed by atoms with Gasteiger partial charge in [0.05, 0.1) is 0 Å². The van der Waals surface area contributed by atoms with Crippen molar-refractivity contribution in [2.45, 2.75) is 46.4 Å². The summed E-state index contributed by atoms with van der Waals surface area (Å²) >= 11 is 0. The lowest BCUT2D eigenvalue weighted by atomic mass is 9.87. The number of hydrogen-bond donors (Lipinski definition) is 0. The molecular formula is C9H21B. The first-order valence-corrected chi connectivity index (χ1v) is 4.70. The highest BCUT2D eigenvalue weighted by Crippen LogP contribution is 2.16. The summed E-state index contributed by atoms with van der Waals surface area (Å²) in [6.45, 7) is 6.98. The summed E-state index contributed by atoms with van der Waals surface area (Å²) in [5.74, 6) is 1.88. The molecular weight excluding hydrogens is 119 g/mol. The van der Waals surface area contributed by atoms with Gasteiger partial charge in [-0.3, -0.25) is 0 Å². The van der Waals surface area contributed by atoms with E-state index < -0.39 is 0 Å². The highest BCUT2D eigenvalue weighted by Gasteiger charge is 2.02. The molecule has 0 fully saturated rings. The Morgan fingerprint density at radius 3 is 2.00 bits per heavy atom. The molecule has 0 amide bonds. The molecule has 0 nitrogen and oxygen atoms in total. The summed E-state index contributed by atoms with van der Waals surface area (Å²) in [5, 5.41) is 0. The van der Waals surface area contributed by atoms with Gasteiger partial charge in [0.25, 0.3) is 0 Å². The van der Waals surface area contributed by atoms with E-state index in [0.29, 0.717) is 0 Å². The molecule has 0 rings (SSSR count). The lowest BCUT2D eigenvalue weighted by Crippen LogP contribution is -1.98. The third-order valence-corrected chi connectivity index (χ3v) is 2.55. The first-order chi connectivity index (χ1) is 4.70. The molecule has 0 spiro atoms. The van der Waals surface area contributed by atoms with E-state index in [0.717, 1.165) is 11.8 Å². The second kappa shape index (κ2) is 5.82. The van der Waals surface area contributed by atoms with Crippen LogP contribution in [0.5, 0.6) is 0 Å². The van der Waals surface area contributed by atoms with Crippen molar-refractivity contribution < 1.29 is 0 Å². The van der Waals surface area contributed by atoms with Gasteiger partial charge in [-0.15, -0.1) is 0 Å². The van der Waals surface area contributed by atoms with Gasteiger partial charge in [-0.25, -0.2) is 0 Å². The maximum Gasteiger partial charge on any atom is 0.101 e. The third kappa shape index (κ3) is 4.90. The van der Waals surface area contributed by atoms with E-state index in [1.54, 1.807) is 0 Å². The van der Waals surface area contributed by atoms with E-state index in [9.17, 15) is 0 Å². The van der Waals surface area contributed by atoms with Crippen molar-refractivity contribution in [1.29, 1.82) is 0 Å². The molecule has 0 heterocycles. The van der Waals surface area contributed by atoms with Gasteiger partial charge in [0, 0.05) is 0 Å². The maximum absolute atomic E-state index is 2.35. The van der Waals surface area contributed by atoms with E-state index in [1.807, 2.05) is 0 Å². The second-order valence-corrected chi connectivity index (χ2v) is 3.60. The summed E-state index contributed by atoms with van der Waals surface area (Å²) in [5.41, 5.74) is 0. The van der Waals surface area contributed by atoms with Crippen molar-refractivity contribution in [2.24, 2.45) is 11.8 Å². The molecule has 0 aliphatic carbocycles. The highest BCUT2D eigenvalue weighted by molar-refractivity contribution is 6.08. The lowest BCUT2D eigenvalue weighted by Gasteiger charge is -2.11. The van der Waals surface area contributed by atoms with E-state index in [4.69, 9.17) is 0 Å². The average Bonchev–Trinajstić information content (AvgIpc) is 1.99. The van der Waals surface area contributed by atoms with Crippen LogP contribution in [-0.2, 0) is 0 Å². The van der Waals surface area contributed by atoms with Gasteiger partial charge in [0.2, 0.25) is 0 Å². The average molecular weight is 140 g/mol. The Bertz CT molecular complexity index is 61.1. The van der Waals surface area contributed by atoms with Crippen LogP contribution in [0.15, 0.2) is 0 Å². The molecule has 2 atom stereocenters. The van der Waals surface area contributed by atoms with E-state index >= 15 is 0 Å². The molecule has 0 bridgehead atoms. The van der Waals surface area contributed by atoms with Gasteiger partial charge in [-0.1, -0.05) is 52.3 Å². The Balaban J connectivity index is 3.17. The third-order valence-electron chi connectivity index (χ3n) is 2.55. The molecule has 0 N–H and O–H groups in total. The van der Waals surface area contributed by atoms with Gasteiger partial charge in [-0.05, 0) is 5.92 Å². The number of rotatable bonds is 5. The van der Waals surface area contributed by atoms with Crippen LogP contribution in [0.2, 0.25) is 6.32 Å². The zero-order chi connectivity index (χ0) is 7.98. The van der Waals surface area contributed by atoms with Crippen LogP contribution in [0.3, 0.4) is 0 Å². The fraction of sp³-hybridized carbons (Fsp3) is 1.00. The van der Waals surface area contributed by atoms with Crippen molar-refractivity contribution in [3.05, 3.63) is 0 Å². The summed E-state index contributed by atoms with van der Waals surface area (Å²) < 4.78 is 0. The van der Waals surface area contributed by atoms with Crippen LogP contribution in [0.1, 0.15) is 40.0 Å². The summed E-state index contributed by atoms with van der Waals surface area (Å²) in [4.78, 5) is 0. The predicted molar refractivity (Wildman–Crippen MR) is 51.2 cm³/mol. The molecule has 60 valence electrons. The predicted octanol–water partition coefficient (Wildman–Crippen LogP) is 2.50. The van der Waals surface area contributed by atoms with Gasteiger partial charge in [0.15, 0.2) is 0 Å². The lowest BCUT2D eigenvalue weighted by molar-refractivity contribution is 0.441. The molecule has 2 unspecified atom stereocenters. The van der Waals surface area contributed by atoms with Crippen LogP contribution >= 0.6 is 0 Å². The largest absolute Gasteiger partial charge is 0.101 e. The minimum atomic E-state index is 0.939. The molecule has 0 aromatic rings. The van der Waals surface area contributed by atoms with Crippen molar-refractivity contribution in [3.8, 4) is 0 Å². The smallest absolute Gasteiger partial charge is 0.0785 e. The molecule has 0 aromatic heterocycles. The molecule has 0 aromatic carbocycles. The Morgan fingerprint density at radius 1 is 1.10 bits per heavy atom. The SMILES string of the molecule is BCC(C)CCC(C)CC.